The van der Waals surface area contributed by atoms with E-state index in [0.717, 1.165) is 12.8 Å². The largest absolute Gasteiger partial charge is 0.399 e. The summed E-state index contributed by atoms with van der Waals surface area (Å²) in [6.07, 6.45) is 2.11. The minimum atomic E-state index is -1.78. The van der Waals surface area contributed by atoms with Crippen LogP contribution in [0.5, 0.6) is 0 Å². The summed E-state index contributed by atoms with van der Waals surface area (Å²) in [6, 6.07) is 5.22. The molecule has 8 atom stereocenters. The van der Waals surface area contributed by atoms with Crippen molar-refractivity contribution in [1.82, 2.24) is 24.7 Å². The molecule has 292 valence electrons. The SMILES string of the molecule is CCC.CCC(C)C(C(CC(=O)N1CCC[C@H]1C(OC)C(C)C(=O)NS(=O)c1ccc(N)cc1)OC)N(C)C(=O)CNC(=O)C(C(C)C)N(C)C. The first kappa shape index (κ1) is 46.0. The summed E-state index contributed by atoms with van der Waals surface area (Å²) in [5.74, 6) is -1.78. The van der Waals surface area contributed by atoms with Gasteiger partial charge in [-0.1, -0.05) is 61.3 Å². The number of nitrogens with two attached hydrogens (primary N) is 1. The zero-order valence-electron chi connectivity index (χ0n) is 33.1. The fourth-order valence-electron chi connectivity index (χ4n) is 6.69. The molecular formula is C37H66N6O7S. The second-order valence-electron chi connectivity index (χ2n) is 14.0. The molecule has 0 bridgehead atoms. The molecule has 51 heavy (non-hydrogen) atoms. The van der Waals surface area contributed by atoms with Crippen LogP contribution in [0.1, 0.15) is 80.6 Å². The van der Waals surface area contributed by atoms with Crippen LogP contribution >= 0.6 is 0 Å². The van der Waals surface area contributed by atoms with Gasteiger partial charge in [0.2, 0.25) is 23.6 Å². The van der Waals surface area contributed by atoms with Gasteiger partial charge >= 0.3 is 0 Å². The van der Waals surface area contributed by atoms with Gasteiger partial charge < -0.3 is 30.3 Å². The van der Waals surface area contributed by atoms with Gasteiger partial charge in [-0.2, -0.15) is 0 Å². The van der Waals surface area contributed by atoms with Crippen molar-refractivity contribution in [3.05, 3.63) is 24.3 Å². The number of nitrogens with one attached hydrogen (secondary N) is 2. The smallest absolute Gasteiger partial charge is 0.242 e. The van der Waals surface area contributed by atoms with Crippen molar-refractivity contribution in [2.75, 3.05) is 54.2 Å². The maximum atomic E-state index is 13.9. The number of rotatable bonds is 18. The molecule has 0 saturated carbocycles. The highest BCUT2D eigenvalue weighted by Crippen LogP contribution is 2.29. The fourth-order valence-corrected chi connectivity index (χ4v) is 7.56. The summed E-state index contributed by atoms with van der Waals surface area (Å²) in [5, 5.41) is 2.79. The second-order valence-corrected chi connectivity index (χ2v) is 15.2. The van der Waals surface area contributed by atoms with Crippen LogP contribution in [0, 0.1) is 17.8 Å². The first-order valence-corrected chi connectivity index (χ1v) is 19.3. The molecule has 0 aliphatic carbocycles. The van der Waals surface area contributed by atoms with Crippen LogP contribution in [-0.2, 0) is 39.6 Å². The maximum Gasteiger partial charge on any atom is 0.242 e. The van der Waals surface area contributed by atoms with E-state index in [4.69, 9.17) is 15.2 Å². The Hall–Kier alpha value is -3.07. The highest BCUT2D eigenvalue weighted by atomic mass is 32.2. The minimum absolute atomic E-state index is 0.00988. The summed E-state index contributed by atoms with van der Waals surface area (Å²) in [4.78, 5) is 59.0. The molecule has 14 heteroatoms. The molecule has 4 N–H and O–H groups in total. The quantitative estimate of drug-likeness (QED) is 0.192. The predicted molar refractivity (Wildman–Crippen MR) is 203 cm³/mol. The van der Waals surface area contributed by atoms with Gasteiger partial charge in [0, 0.05) is 33.5 Å². The van der Waals surface area contributed by atoms with Gasteiger partial charge in [0.05, 0.1) is 54.1 Å². The molecule has 0 radical (unpaired) electrons. The Morgan fingerprint density at radius 2 is 1.57 bits per heavy atom. The Morgan fingerprint density at radius 3 is 2.06 bits per heavy atom. The normalized spacial score (nSPS) is 18.5. The van der Waals surface area contributed by atoms with Crippen LogP contribution in [0.3, 0.4) is 0 Å². The van der Waals surface area contributed by atoms with E-state index in [2.05, 4.69) is 23.9 Å². The van der Waals surface area contributed by atoms with E-state index < -0.39 is 41.1 Å². The lowest BCUT2D eigenvalue weighted by atomic mass is 9.90. The van der Waals surface area contributed by atoms with Gasteiger partial charge in [0.25, 0.3) is 0 Å². The second kappa shape index (κ2) is 22.8. The van der Waals surface area contributed by atoms with Crippen LogP contribution in [0.2, 0.25) is 0 Å². The third kappa shape index (κ3) is 13.4. The molecule has 1 aromatic rings. The van der Waals surface area contributed by atoms with Crippen molar-refractivity contribution >= 4 is 40.3 Å². The van der Waals surface area contributed by atoms with Gasteiger partial charge in [-0.15, -0.1) is 0 Å². The van der Waals surface area contributed by atoms with Crippen molar-refractivity contribution < 1.29 is 32.9 Å². The number of hydrogen-bond acceptors (Lipinski definition) is 9. The number of carbonyl (C=O) groups excluding carboxylic acids is 4. The fraction of sp³-hybridized carbons (Fsp3) is 0.730. The number of likely N-dealkylation sites (tertiary alicyclic amines) is 1. The van der Waals surface area contributed by atoms with Crippen LogP contribution in [0.25, 0.3) is 0 Å². The predicted octanol–water partition coefficient (Wildman–Crippen LogP) is 3.45. The lowest BCUT2D eigenvalue weighted by Gasteiger charge is -2.39. The lowest BCUT2D eigenvalue weighted by molar-refractivity contribution is -0.145. The summed E-state index contributed by atoms with van der Waals surface area (Å²) in [6.45, 7) is 14.2. The highest BCUT2D eigenvalue weighted by Gasteiger charge is 2.42. The zero-order valence-corrected chi connectivity index (χ0v) is 33.9. The molecule has 1 heterocycles. The number of benzene rings is 1. The number of nitrogen functional groups attached to an aromatic ring is 1. The van der Waals surface area contributed by atoms with Crippen molar-refractivity contribution in [3.8, 4) is 0 Å². The number of hydrogen-bond donors (Lipinski definition) is 3. The Morgan fingerprint density at radius 1 is 0.980 bits per heavy atom. The maximum absolute atomic E-state index is 13.9. The first-order chi connectivity index (χ1) is 24.0. The third-order valence-corrected chi connectivity index (χ3v) is 10.5. The van der Waals surface area contributed by atoms with E-state index in [1.54, 1.807) is 48.0 Å². The van der Waals surface area contributed by atoms with Crippen LogP contribution in [-0.4, -0.2) is 121 Å². The van der Waals surface area contributed by atoms with E-state index >= 15 is 0 Å². The van der Waals surface area contributed by atoms with Gasteiger partial charge in [-0.25, -0.2) is 4.21 Å². The molecule has 7 unspecified atom stereocenters. The molecule has 1 aromatic carbocycles. The average Bonchev–Trinajstić information content (AvgIpc) is 3.56. The van der Waals surface area contributed by atoms with Gasteiger partial charge in [-0.05, 0) is 63.0 Å². The van der Waals surface area contributed by atoms with E-state index in [1.807, 2.05) is 46.7 Å². The average molecular weight is 739 g/mol. The van der Waals surface area contributed by atoms with E-state index in [0.29, 0.717) is 23.5 Å². The van der Waals surface area contributed by atoms with Gasteiger partial charge in [-0.3, -0.25) is 28.8 Å². The van der Waals surface area contributed by atoms with E-state index in [9.17, 15) is 23.4 Å². The van der Waals surface area contributed by atoms with Crippen molar-refractivity contribution in [2.24, 2.45) is 17.8 Å². The number of ether oxygens (including phenoxy) is 2. The zero-order chi connectivity index (χ0) is 39.0. The molecule has 0 aromatic heterocycles. The van der Waals surface area contributed by atoms with Gasteiger partial charge in [0.15, 0.2) is 11.0 Å². The number of anilines is 1. The molecule has 1 saturated heterocycles. The van der Waals surface area contributed by atoms with E-state index in [1.165, 1.54) is 20.6 Å². The number of likely N-dealkylation sites (N-methyl/N-ethyl adjacent to an activating group) is 2. The Labute approximate surface area is 309 Å². The monoisotopic (exact) mass is 738 g/mol. The van der Waals surface area contributed by atoms with Crippen molar-refractivity contribution in [2.45, 2.75) is 116 Å². The molecule has 0 spiro atoms. The highest BCUT2D eigenvalue weighted by molar-refractivity contribution is 7.83. The first-order valence-electron chi connectivity index (χ1n) is 18.1. The molecule has 13 nitrogen and oxygen atoms in total. The van der Waals surface area contributed by atoms with Crippen molar-refractivity contribution in [3.63, 3.8) is 0 Å². The lowest BCUT2D eigenvalue weighted by Crippen LogP contribution is -2.55. The Kier molecular flexibility index (Phi) is 20.5. The van der Waals surface area contributed by atoms with Gasteiger partial charge in [0.1, 0.15) is 0 Å². The Bertz CT molecular complexity index is 1260. The minimum Gasteiger partial charge on any atom is -0.399 e. The molecule has 2 rings (SSSR count). The van der Waals surface area contributed by atoms with Crippen molar-refractivity contribution in [1.29, 1.82) is 0 Å². The summed E-state index contributed by atoms with van der Waals surface area (Å²) < 4.78 is 27.1. The number of carbonyl (C=O) groups is 4. The van der Waals surface area contributed by atoms with Crippen LogP contribution < -0.4 is 15.8 Å². The number of nitrogens with zero attached hydrogens (tertiary/aromatic N) is 3. The molecule has 1 fully saturated rings. The molecule has 1 aliphatic heterocycles. The number of amides is 4. The Balaban J connectivity index is 0.00000418. The molecular weight excluding hydrogens is 673 g/mol. The molecule has 4 amide bonds. The summed E-state index contributed by atoms with van der Waals surface area (Å²) in [7, 11) is 6.60. The van der Waals surface area contributed by atoms with Crippen LogP contribution in [0.15, 0.2) is 29.2 Å². The topological polar surface area (TPSA) is 164 Å². The number of methoxy groups -OCH3 is 2. The van der Waals surface area contributed by atoms with E-state index in [-0.39, 0.29) is 54.6 Å². The summed E-state index contributed by atoms with van der Waals surface area (Å²) >= 11 is 0. The summed E-state index contributed by atoms with van der Waals surface area (Å²) in [5.41, 5.74) is 6.24. The standard InChI is InChI=1S/C34H58N6O7S.C3H8/c1-11-22(4)31(39(8)29(42)20-36-34(44)30(21(2)3)38(6)7)27(46-9)19-28(41)40-18-12-13-26(40)32(47-10)23(5)33(43)37-48(45)25-16-14-24(35)15-17-25;1-3-2/h14-17,21-23,26-27,30-32H,11-13,18-20,35H2,1-10H3,(H,36,44)(H,37,43);3H2,1-2H3/t22?,23?,26-,27?,30?,31?,32?,48?;/m0./s1. The molecule has 1 aliphatic rings. The van der Waals surface area contributed by atoms with Crippen LogP contribution in [0.4, 0.5) is 5.69 Å². The third-order valence-electron chi connectivity index (χ3n) is 9.46.